The lowest BCUT2D eigenvalue weighted by Gasteiger charge is -2.32. The molecule has 4 nitrogen and oxygen atoms in total. The van der Waals surface area contributed by atoms with E-state index in [1.54, 1.807) is 4.90 Å². The molecule has 4 heteroatoms. The van der Waals surface area contributed by atoms with Crippen molar-refractivity contribution in [2.45, 2.75) is 38.6 Å². The highest BCUT2D eigenvalue weighted by atomic mass is 16.2. The number of amides is 1. The van der Waals surface area contributed by atoms with Gasteiger partial charge >= 0.3 is 0 Å². The summed E-state index contributed by atoms with van der Waals surface area (Å²) < 4.78 is 0. The third-order valence-electron chi connectivity index (χ3n) is 5.95. The number of rotatable bonds is 8. The number of carbonyl (C=O) groups excluding carboxylic acids is 1. The largest absolute Gasteiger partial charge is 0.349 e. The summed E-state index contributed by atoms with van der Waals surface area (Å²) in [7, 11) is 3.66. The molecule has 2 atom stereocenters. The molecule has 1 amide bonds. The van der Waals surface area contributed by atoms with Crippen LogP contribution in [0.3, 0.4) is 0 Å². The molecule has 27 heavy (non-hydrogen) atoms. The highest BCUT2D eigenvalue weighted by Crippen LogP contribution is 2.38. The number of piperidine rings is 1. The van der Waals surface area contributed by atoms with Crippen LogP contribution in [0.5, 0.6) is 0 Å². The van der Waals surface area contributed by atoms with Gasteiger partial charge in [-0.05, 0) is 75.9 Å². The van der Waals surface area contributed by atoms with E-state index < -0.39 is 0 Å². The van der Waals surface area contributed by atoms with E-state index in [2.05, 4.69) is 41.4 Å². The average Bonchev–Trinajstić information content (AvgIpc) is 3.46. The van der Waals surface area contributed by atoms with E-state index in [4.69, 9.17) is 0 Å². The van der Waals surface area contributed by atoms with Crippen LogP contribution in [-0.2, 0) is 4.79 Å². The first-order valence-electron chi connectivity index (χ1n) is 10.3. The molecule has 146 valence electrons. The van der Waals surface area contributed by atoms with Crippen LogP contribution in [0.1, 0.15) is 38.2 Å². The van der Waals surface area contributed by atoms with Gasteiger partial charge in [-0.3, -0.25) is 4.79 Å². The number of hydrogen-bond donors (Lipinski definition) is 1. The quantitative estimate of drug-likeness (QED) is 0.767. The fourth-order valence-electron chi connectivity index (χ4n) is 3.94. The molecule has 0 spiro atoms. The molecule has 1 N–H and O–H groups in total. The molecule has 0 radical (unpaired) electrons. The number of nitrogens with one attached hydrogen (secondary N) is 1. The molecule has 1 aliphatic carbocycles. The lowest BCUT2D eigenvalue weighted by molar-refractivity contribution is -0.129. The molecule has 1 saturated heterocycles. The van der Waals surface area contributed by atoms with Crippen LogP contribution in [-0.4, -0.2) is 62.0 Å². The topological polar surface area (TPSA) is 35.6 Å². The summed E-state index contributed by atoms with van der Waals surface area (Å²) in [5.41, 5.74) is 2.57. The van der Waals surface area contributed by atoms with E-state index in [-0.39, 0.29) is 5.91 Å². The van der Waals surface area contributed by atoms with E-state index in [9.17, 15) is 4.79 Å². The summed E-state index contributed by atoms with van der Waals surface area (Å²) in [5.74, 6) is 1.68. The zero-order chi connectivity index (χ0) is 19.2. The number of likely N-dealkylation sites (tertiary alicyclic amines) is 1. The van der Waals surface area contributed by atoms with Crippen molar-refractivity contribution in [1.29, 1.82) is 0 Å². The Morgan fingerprint density at radius 1 is 1.37 bits per heavy atom. The summed E-state index contributed by atoms with van der Waals surface area (Å²) in [6.45, 7) is 6.52. The Bertz CT molecular complexity index is 632. The Kier molecular flexibility index (Phi) is 6.93. The Balaban J connectivity index is 1.32. The van der Waals surface area contributed by atoms with Crippen LogP contribution in [0.15, 0.2) is 23.8 Å². The van der Waals surface area contributed by atoms with E-state index in [0.717, 1.165) is 37.7 Å². The molecule has 1 aromatic rings. The van der Waals surface area contributed by atoms with E-state index >= 15 is 0 Å². The standard InChI is InChI=1S/C23H33N3O/c1-18(15-19-7-5-4-6-8-19)21-16-22(21)24-17-20-9-12-26(13-10-20)14-11-23(27)25(2)3/h4-5,7,15,20-22,24H,9-14,16-17H2,1-3H3/b18-15+/t21?,22-/m1/s1. The predicted octanol–water partition coefficient (Wildman–Crippen LogP) is 2.86. The smallest absolute Gasteiger partial charge is 0.223 e. The van der Waals surface area contributed by atoms with Gasteiger partial charge in [-0.25, -0.2) is 0 Å². The predicted molar refractivity (Wildman–Crippen MR) is 110 cm³/mol. The summed E-state index contributed by atoms with van der Waals surface area (Å²) in [6, 6.07) is 12.8. The molecule has 1 heterocycles. The molecule has 1 aromatic carbocycles. The molecule has 1 unspecified atom stereocenters. The zero-order valence-electron chi connectivity index (χ0n) is 17.0. The van der Waals surface area contributed by atoms with E-state index in [0.29, 0.717) is 18.4 Å². The van der Waals surface area contributed by atoms with Gasteiger partial charge in [0.15, 0.2) is 0 Å². The molecule has 2 aliphatic rings. The van der Waals surface area contributed by atoms with Crippen molar-refractivity contribution in [1.82, 2.24) is 15.1 Å². The molecule has 2 fully saturated rings. The van der Waals surface area contributed by atoms with Crippen LogP contribution in [0.4, 0.5) is 0 Å². The van der Waals surface area contributed by atoms with Crippen molar-refractivity contribution in [3.63, 3.8) is 0 Å². The zero-order valence-corrected chi connectivity index (χ0v) is 17.0. The van der Waals surface area contributed by atoms with Crippen molar-refractivity contribution in [2.75, 3.05) is 40.3 Å². The molecule has 1 aliphatic heterocycles. The van der Waals surface area contributed by atoms with Crippen LogP contribution >= 0.6 is 0 Å². The van der Waals surface area contributed by atoms with Crippen molar-refractivity contribution >= 4 is 12.0 Å². The maximum atomic E-state index is 11.7. The minimum atomic E-state index is 0.230. The van der Waals surface area contributed by atoms with Gasteiger partial charge in [0.05, 0.1) is 0 Å². The second-order valence-corrected chi connectivity index (χ2v) is 8.32. The van der Waals surface area contributed by atoms with Gasteiger partial charge in [0, 0.05) is 38.7 Å². The SMILES string of the molecule is C/C(=C\c1c#cccc1)C1C[C@H]1NCC1CCN(CCC(=O)N(C)C)CC1. The molecule has 3 rings (SSSR count). The molecule has 0 bridgehead atoms. The Morgan fingerprint density at radius 2 is 2.15 bits per heavy atom. The number of carbonyl (C=O) groups is 1. The summed E-state index contributed by atoms with van der Waals surface area (Å²) >= 11 is 0. The van der Waals surface area contributed by atoms with Crippen LogP contribution in [0.25, 0.3) is 6.08 Å². The normalized spacial score (nSPS) is 23.7. The van der Waals surface area contributed by atoms with Crippen molar-refractivity contribution in [2.24, 2.45) is 11.8 Å². The highest BCUT2D eigenvalue weighted by molar-refractivity contribution is 5.75. The second-order valence-electron chi connectivity index (χ2n) is 8.32. The van der Waals surface area contributed by atoms with Gasteiger partial charge in [0.25, 0.3) is 0 Å². The first-order chi connectivity index (χ1) is 13.0. The highest BCUT2D eigenvalue weighted by Gasteiger charge is 2.38. The van der Waals surface area contributed by atoms with E-state index in [1.165, 1.54) is 24.8 Å². The molecule has 1 saturated carbocycles. The fourth-order valence-corrected chi connectivity index (χ4v) is 3.94. The lowest BCUT2D eigenvalue weighted by Crippen LogP contribution is -2.39. The number of hydrogen-bond acceptors (Lipinski definition) is 3. The first kappa shape index (κ1) is 19.9. The van der Waals surface area contributed by atoms with Gasteiger partial charge in [0.2, 0.25) is 5.91 Å². The third-order valence-corrected chi connectivity index (χ3v) is 5.95. The van der Waals surface area contributed by atoms with Crippen LogP contribution < -0.4 is 5.32 Å². The Hall–Kier alpha value is -1.83. The van der Waals surface area contributed by atoms with Gasteiger partial charge in [-0.2, -0.15) is 0 Å². The Labute approximate surface area is 164 Å². The maximum absolute atomic E-state index is 11.7. The summed E-state index contributed by atoms with van der Waals surface area (Å²) in [5, 5.41) is 3.78. The fraction of sp³-hybridized carbons (Fsp3) is 0.609. The van der Waals surface area contributed by atoms with E-state index in [1.807, 2.05) is 26.2 Å². The van der Waals surface area contributed by atoms with Crippen molar-refractivity contribution < 1.29 is 4.79 Å². The Morgan fingerprint density at radius 3 is 2.81 bits per heavy atom. The molecular formula is C23H33N3O. The van der Waals surface area contributed by atoms with Crippen molar-refractivity contribution in [3.8, 4) is 0 Å². The van der Waals surface area contributed by atoms with Gasteiger partial charge in [-0.1, -0.05) is 23.8 Å². The van der Waals surface area contributed by atoms with Gasteiger partial charge < -0.3 is 15.1 Å². The first-order valence-corrected chi connectivity index (χ1v) is 10.3. The monoisotopic (exact) mass is 367 g/mol. The lowest BCUT2D eigenvalue weighted by atomic mass is 9.96. The number of nitrogens with zero attached hydrogens (tertiary/aromatic N) is 2. The molecule has 0 aromatic heterocycles. The van der Waals surface area contributed by atoms with Crippen LogP contribution in [0.2, 0.25) is 0 Å². The van der Waals surface area contributed by atoms with Gasteiger partial charge in [0.1, 0.15) is 0 Å². The summed E-state index contributed by atoms with van der Waals surface area (Å²) in [6.07, 6.45) is 6.62. The summed E-state index contributed by atoms with van der Waals surface area (Å²) in [4.78, 5) is 15.8. The van der Waals surface area contributed by atoms with Gasteiger partial charge in [-0.15, -0.1) is 0 Å². The third kappa shape index (κ3) is 6.09. The minimum absolute atomic E-state index is 0.230. The molecular weight excluding hydrogens is 334 g/mol. The average molecular weight is 368 g/mol. The van der Waals surface area contributed by atoms with Crippen molar-refractivity contribution in [3.05, 3.63) is 41.5 Å². The minimum Gasteiger partial charge on any atom is -0.349 e. The maximum Gasteiger partial charge on any atom is 0.223 e. The second kappa shape index (κ2) is 9.39. The van der Waals surface area contributed by atoms with Crippen LogP contribution in [0, 0.1) is 24.0 Å².